The molecular formula is C19H21N3O6. The zero-order chi connectivity index (χ0) is 20.5. The van der Waals surface area contributed by atoms with E-state index in [4.69, 9.17) is 18.9 Å². The number of rotatable bonds is 7. The van der Waals surface area contributed by atoms with Crippen LogP contribution in [0.5, 0.6) is 23.0 Å². The van der Waals surface area contributed by atoms with Gasteiger partial charge in [0.1, 0.15) is 23.0 Å². The van der Waals surface area contributed by atoms with Crippen molar-refractivity contribution in [2.24, 2.45) is 5.10 Å². The third kappa shape index (κ3) is 5.13. The maximum atomic E-state index is 12.1. The number of hydrogen-bond acceptors (Lipinski definition) is 7. The first-order valence-corrected chi connectivity index (χ1v) is 8.10. The third-order valence-corrected chi connectivity index (χ3v) is 3.67. The van der Waals surface area contributed by atoms with Gasteiger partial charge in [-0.05, 0) is 24.3 Å². The number of amides is 2. The number of anilines is 1. The first-order chi connectivity index (χ1) is 13.5. The fourth-order valence-electron chi connectivity index (χ4n) is 2.23. The number of carbonyl (C=O) groups is 2. The number of carbonyl (C=O) groups excluding carboxylic acids is 2. The van der Waals surface area contributed by atoms with Gasteiger partial charge in [-0.3, -0.25) is 9.59 Å². The highest BCUT2D eigenvalue weighted by atomic mass is 16.5. The predicted octanol–water partition coefficient (Wildman–Crippen LogP) is 1.81. The largest absolute Gasteiger partial charge is 0.497 e. The molecule has 0 bridgehead atoms. The molecule has 2 amide bonds. The molecule has 2 aromatic carbocycles. The first-order valence-electron chi connectivity index (χ1n) is 8.10. The molecule has 2 aromatic rings. The lowest BCUT2D eigenvalue weighted by Gasteiger charge is -2.11. The van der Waals surface area contributed by atoms with Gasteiger partial charge in [0.15, 0.2) is 0 Å². The second-order valence-electron chi connectivity index (χ2n) is 5.33. The Morgan fingerprint density at radius 1 is 0.821 bits per heavy atom. The zero-order valence-corrected chi connectivity index (χ0v) is 15.9. The number of benzene rings is 2. The number of methoxy groups -OCH3 is 4. The predicted molar refractivity (Wildman–Crippen MR) is 103 cm³/mol. The molecule has 0 radical (unpaired) electrons. The summed E-state index contributed by atoms with van der Waals surface area (Å²) in [4.78, 5) is 24.1. The summed E-state index contributed by atoms with van der Waals surface area (Å²) in [7, 11) is 5.98. The van der Waals surface area contributed by atoms with Crippen molar-refractivity contribution in [1.29, 1.82) is 0 Å². The fraction of sp³-hybridized carbons (Fsp3) is 0.211. The number of hydrogen-bond donors (Lipinski definition) is 2. The molecule has 0 aliphatic rings. The molecule has 2 N–H and O–H groups in total. The van der Waals surface area contributed by atoms with Gasteiger partial charge in [0.2, 0.25) is 0 Å². The van der Waals surface area contributed by atoms with E-state index >= 15 is 0 Å². The van der Waals surface area contributed by atoms with Crippen molar-refractivity contribution in [3.8, 4) is 23.0 Å². The molecule has 0 unspecified atom stereocenters. The van der Waals surface area contributed by atoms with E-state index < -0.39 is 11.8 Å². The lowest BCUT2D eigenvalue weighted by molar-refractivity contribution is -0.136. The number of hydrazone groups is 1. The van der Waals surface area contributed by atoms with E-state index in [2.05, 4.69) is 15.8 Å². The van der Waals surface area contributed by atoms with Crippen molar-refractivity contribution in [1.82, 2.24) is 5.43 Å². The highest BCUT2D eigenvalue weighted by molar-refractivity contribution is 6.39. The molecule has 148 valence electrons. The van der Waals surface area contributed by atoms with Crippen molar-refractivity contribution in [3.63, 3.8) is 0 Å². The van der Waals surface area contributed by atoms with Crippen LogP contribution in [-0.4, -0.2) is 46.5 Å². The molecule has 0 aromatic heterocycles. The maximum Gasteiger partial charge on any atom is 0.329 e. The van der Waals surface area contributed by atoms with E-state index in [1.54, 1.807) is 37.4 Å². The highest BCUT2D eigenvalue weighted by Gasteiger charge is 2.16. The zero-order valence-electron chi connectivity index (χ0n) is 15.9. The monoisotopic (exact) mass is 387 g/mol. The van der Waals surface area contributed by atoms with E-state index in [-0.39, 0.29) is 0 Å². The van der Waals surface area contributed by atoms with E-state index in [0.717, 1.165) is 0 Å². The Morgan fingerprint density at radius 3 is 2.11 bits per heavy atom. The van der Waals surface area contributed by atoms with Gasteiger partial charge in [-0.2, -0.15) is 5.10 Å². The Morgan fingerprint density at radius 2 is 1.46 bits per heavy atom. The summed E-state index contributed by atoms with van der Waals surface area (Å²) in [5.74, 6) is 0.140. The Bertz CT molecular complexity index is 882. The van der Waals surface area contributed by atoms with Gasteiger partial charge in [-0.25, -0.2) is 5.43 Å². The summed E-state index contributed by atoms with van der Waals surface area (Å²) in [5, 5.41) is 6.23. The van der Waals surface area contributed by atoms with Crippen LogP contribution in [-0.2, 0) is 9.59 Å². The van der Waals surface area contributed by atoms with E-state index in [0.29, 0.717) is 34.2 Å². The summed E-state index contributed by atoms with van der Waals surface area (Å²) in [6.07, 6.45) is 1.36. The molecule has 0 saturated carbocycles. The summed E-state index contributed by atoms with van der Waals surface area (Å²) < 4.78 is 20.6. The maximum absolute atomic E-state index is 12.1. The van der Waals surface area contributed by atoms with Gasteiger partial charge in [0.25, 0.3) is 0 Å². The number of nitrogens with zero attached hydrogens (tertiary/aromatic N) is 1. The van der Waals surface area contributed by atoms with E-state index in [1.807, 2.05) is 0 Å². The quantitative estimate of drug-likeness (QED) is 0.426. The smallest absolute Gasteiger partial charge is 0.329 e. The van der Waals surface area contributed by atoms with Gasteiger partial charge in [-0.15, -0.1) is 0 Å². The Hall–Kier alpha value is -3.75. The molecule has 0 saturated heterocycles. The van der Waals surface area contributed by atoms with Gasteiger partial charge < -0.3 is 24.3 Å². The fourth-order valence-corrected chi connectivity index (χ4v) is 2.23. The minimum absolute atomic E-state index is 0.294. The molecule has 0 heterocycles. The van der Waals surface area contributed by atoms with Crippen LogP contribution in [0.25, 0.3) is 0 Å². The van der Waals surface area contributed by atoms with Gasteiger partial charge in [0.05, 0.1) is 40.3 Å². The average molecular weight is 387 g/mol. The van der Waals surface area contributed by atoms with Crippen LogP contribution in [0.15, 0.2) is 41.5 Å². The van der Waals surface area contributed by atoms with Gasteiger partial charge >= 0.3 is 11.8 Å². The normalized spacial score (nSPS) is 10.3. The Kier molecular flexibility index (Phi) is 7.21. The number of ether oxygens (including phenoxy) is 4. The molecule has 2 rings (SSSR count). The topological polar surface area (TPSA) is 107 Å². The standard InChI is InChI=1S/C19H21N3O6/c1-25-13-7-8-16(27-3)15(9-13)21-18(23)19(24)22-20-11-12-5-6-14(26-2)10-17(12)28-4/h5-11H,1-4H3,(H,21,23)(H,22,24). The van der Waals surface area contributed by atoms with Crippen LogP contribution < -0.4 is 29.7 Å². The van der Waals surface area contributed by atoms with Gasteiger partial charge in [-0.1, -0.05) is 0 Å². The molecule has 0 fully saturated rings. The summed E-state index contributed by atoms with van der Waals surface area (Å²) >= 11 is 0. The lowest BCUT2D eigenvalue weighted by Crippen LogP contribution is -2.32. The molecular weight excluding hydrogens is 366 g/mol. The van der Waals surface area contributed by atoms with Gasteiger partial charge in [0, 0.05) is 17.7 Å². The summed E-state index contributed by atoms with van der Waals surface area (Å²) in [5.41, 5.74) is 3.05. The summed E-state index contributed by atoms with van der Waals surface area (Å²) in [6, 6.07) is 9.91. The molecule has 0 spiro atoms. The van der Waals surface area contributed by atoms with Crippen LogP contribution in [0.1, 0.15) is 5.56 Å². The molecule has 9 nitrogen and oxygen atoms in total. The van der Waals surface area contributed by atoms with Crippen LogP contribution in [0.3, 0.4) is 0 Å². The minimum atomic E-state index is -0.950. The van der Waals surface area contributed by atoms with Crippen LogP contribution in [0.4, 0.5) is 5.69 Å². The average Bonchev–Trinajstić information content (AvgIpc) is 2.73. The van der Waals surface area contributed by atoms with Crippen molar-refractivity contribution >= 4 is 23.7 Å². The van der Waals surface area contributed by atoms with Crippen LogP contribution in [0, 0.1) is 0 Å². The second-order valence-corrected chi connectivity index (χ2v) is 5.33. The van der Waals surface area contributed by atoms with E-state index in [9.17, 15) is 9.59 Å². The molecule has 9 heteroatoms. The molecule has 0 atom stereocenters. The van der Waals surface area contributed by atoms with E-state index in [1.165, 1.54) is 33.6 Å². The summed E-state index contributed by atoms with van der Waals surface area (Å²) in [6.45, 7) is 0. The van der Waals surface area contributed by atoms with Crippen molar-refractivity contribution < 1.29 is 28.5 Å². The SMILES string of the molecule is COc1ccc(OC)c(NC(=O)C(=O)NN=Cc2ccc(OC)cc2OC)c1. The number of nitrogens with one attached hydrogen (secondary N) is 2. The van der Waals surface area contributed by atoms with Crippen molar-refractivity contribution in [3.05, 3.63) is 42.0 Å². The second kappa shape index (κ2) is 9.81. The minimum Gasteiger partial charge on any atom is -0.497 e. The molecule has 0 aliphatic carbocycles. The lowest BCUT2D eigenvalue weighted by atomic mass is 10.2. The Labute approximate surface area is 162 Å². The third-order valence-electron chi connectivity index (χ3n) is 3.67. The molecule has 28 heavy (non-hydrogen) atoms. The highest BCUT2D eigenvalue weighted by Crippen LogP contribution is 2.28. The first kappa shape index (κ1) is 20.6. The van der Waals surface area contributed by atoms with Crippen LogP contribution in [0.2, 0.25) is 0 Å². The molecule has 0 aliphatic heterocycles. The van der Waals surface area contributed by atoms with Crippen molar-refractivity contribution in [2.45, 2.75) is 0 Å². The Balaban J connectivity index is 2.03. The van der Waals surface area contributed by atoms with Crippen molar-refractivity contribution in [2.75, 3.05) is 33.8 Å². The van der Waals surface area contributed by atoms with Crippen LogP contribution >= 0.6 is 0 Å².